The second kappa shape index (κ2) is 8.31. The molecule has 1 heterocycles. The van der Waals surface area contributed by atoms with Crippen LogP contribution in [0.5, 0.6) is 17.2 Å². The number of amidine groups is 1. The van der Waals surface area contributed by atoms with E-state index in [0.29, 0.717) is 28.6 Å². The zero-order valence-corrected chi connectivity index (χ0v) is 16.4. The van der Waals surface area contributed by atoms with E-state index in [9.17, 15) is 4.79 Å². The van der Waals surface area contributed by atoms with Crippen LogP contribution in [0.4, 0.5) is 5.69 Å². The van der Waals surface area contributed by atoms with Crippen molar-refractivity contribution in [2.45, 2.75) is 19.9 Å². The SMILES string of the molecule is COc1cc2c(c(OC)c1)C(C=O)N=C(c1cc(C)c(OCCO)c(C)c1)N2. The highest BCUT2D eigenvalue weighted by molar-refractivity contribution is 6.11. The zero-order chi connectivity index (χ0) is 20.3. The van der Waals surface area contributed by atoms with Crippen LogP contribution in [0.3, 0.4) is 0 Å². The maximum atomic E-state index is 11.8. The van der Waals surface area contributed by atoms with Gasteiger partial charge in [-0.15, -0.1) is 0 Å². The molecule has 2 N–H and O–H groups in total. The van der Waals surface area contributed by atoms with Gasteiger partial charge < -0.3 is 29.4 Å². The molecule has 7 heteroatoms. The average molecular weight is 384 g/mol. The van der Waals surface area contributed by atoms with Gasteiger partial charge in [-0.3, -0.25) is 4.99 Å². The minimum Gasteiger partial charge on any atom is -0.497 e. The summed E-state index contributed by atoms with van der Waals surface area (Å²) < 4.78 is 16.4. The van der Waals surface area contributed by atoms with E-state index in [0.717, 1.165) is 28.7 Å². The van der Waals surface area contributed by atoms with Gasteiger partial charge in [0.15, 0.2) is 0 Å². The molecule has 0 aliphatic carbocycles. The molecule has 0 saturated heterocycles. The fourth-order valence-corrected chi connectivity index (χ4v) is 3.37. The van der Waals surface area contributed by atoms with Crippen LogP contribution in [0.1, 0.15) is 28.3 Å². The molecular weight excluding hydrogens is 360 g/mol. The molecule has 1 aliphatic rings. The number of hydrogen-bond acceptors (Lipinski definition) is 7. The van der Waals surface area contributed by atoms with Crippen LogP contribution < -0.4 is 19.5 Å². The first-order valence-electron chi connectivity index (χ1n) is 8.93. The molecule has 28 heavy (non-hydrogen) atoms. The summed E-state index contributed by atoms with van der Waals surface area (Å²) in [4.78, 5) is 16.3. The number of benzene rings is 2. The van der Waals surface area contributed by atoms with Crippen LogP contribution in [0.25, 0.3) is 0 Å². The average Bonchev–Trinajstić information content (AvgIpc) is 2.71. The van der Waals surface area contributed by atoms with Crippen molar-refractivity contribution >= 4 is 17.8 Å². The van der Waals surface area contributed by atoms with Gasteiger partial charge >= 0.3 is 0 Å². The number of methoxy groups -OCH3 is 2. The Morgan fingerprint density at radius 3 is 2.43 bits per heavy atom. The maximum absolute atomic E-state index is 11.8. The van der Waals surface area contributed by atoms with Crippen molar-refractivity contribution in [2.24, 2.45) is 4.99 Å². The predicted octanol–water partition coefficient (Wildman–Crippen LogP) is 2.80. The van der Waals surface area contributed by atoms with Crippen LogP contribution in [-0.2, 0) is 4.79 Å². The Morgan fingerprint density at radius 2 is 1.86 bits per heavy atom. The van der Waals surface area contributed by atoms with E-state index in [4.69, 9.17) is 19.3 Å². The van der Waals surface area contributed by atoms with Crippen LogP contribution in [0.2, 0.25) is 0 Å². The van der Waals surface area contributed by atoms with E-state index in [1.165, 1.54) is 0 Å². The number of aliphatic hydroxyl groups excluding tert-OH is 1. The Balaban J connectivity index is 2.04. The smallest absolute Gasteiger partial charge is 0.149 e. The molecule has 2 aromatic rings. The van der Waals surface area contributed by atoms with Gasteiger partial charge in [-0.2, -0.15) is 0 Å². The summed E-state index contributed by atoms with van der Waals surface area (Å²) in [7, 11) is 3.13. The molecule has 7 nitrogen and oxygen atoms in total. The second-order valence-electron chi connectivity index (χ2n) is 6.49. The molecular formula is C21H24N2O5. The Hall–Kier alpha value is -3.06. The summed E-state index contributed by atoms with van der Waals surface area (Å²) in [5.74, 6) is 2.49. The molecule has 0 radical (unpaired) electrons. The quantitative estimate of drug-likeness (QED) is 0.714. The third-order valence-corrected chi connectivity index (χ3v) is 4.59. The van der Waals surface area contributed by atoms with Gasteiger partial charge in [-0.25, -0.2) is 0 Å². The number of nitrogens with one attached hydrogen (secondary N) is 1. The van der Waals surface area contributed by atoms with Gasteiger partial charge in [-0.1, -0.05) is 0 Å². The predicted molar refractivity (Wildman–Crippen MR) is 107 cm³/mol. The van der Waals surface area contributed by atoms with Crippen molar-refractivity contribution in [3.63, 3.8) is 0 Å². The summed E-state index contributed by atoms with van der Waals surface area (Å²) in [6.45, 7) is 4.06. The number of hydrogen-bond donors (Lipinski definition) is 2. The minimum atomic E-state index is -0.682. The Morgan fingerprint density at radius 1 is 1.14 bits per heavy atom. The lowest BCUT2D eigenvalue weighted by Crippen LogP contribution is -2.23. The zero-order valence-electron chi connectivity index (χ0n) is 16.4. The van der Waals surface area contributed by atoms with E-state index in [1.54, 1.807) is 20.3 Å². The van der Waals surface area contributed by atoms with Gasteiger partial charge in [0.25, 0.3) is 0 Å². The third-order valence-electron chi connectivity index (χ3n) is 4.59. The summed E-state index contributed by atoms with van der Waals surface area (Å²) in [6.07, 6.45) is 0.799. The van der Waals surface area contributed by atoms with Crippen molar-refractivity contribution in [3.05, 3.63) is 46.5 Å². The Labute approximate surface area is 164 Å². The monoisotopic (exact) mass is 384 g/mol. The summed E-state index contributed by atoms with van der Waals surface area (Å²) in [6, 6.07) is 6.75. The lowest BCUT2D eigenvalue weighted by atomic mass is 9.99. The van der Waals surface area contributed by atoms with E-state index in [2.05, 4.69) is 10.3 Å². The standard InChI is InChI=1S/C21H24N2O5/c1-12-7-14(8-13(2)20(12)28-6-5-24)21-22-16-9-15(26-3)10-18(27-4)19(16)17(11-25)23-21/h7-11,17,24H,5-6H2,1-4H3,(H,22,23). The Bertz CT molecular complexity index is 900. The van der Waals surface area contributed by atoms with Crippen molar-refractivity contribution < 1.29 is 24.1 Å². The summed E-state index contributed by atoms with van der Waals surface area (Å²) in [5.41, 5.74) is 4.08. The maximum Gasteiger partial charge on any atom is 0.149 e. The molecule has 1 aliphatic heterocycles. The number of nitrogens with zero attached hydrogens (tertiary/aromatic N) is 1. The van der Waals surface area contributed by atoms with E-state index < -0.39 is 6.04 Å². The van der Waals surface area contributed by atoms with Crippen LogP contribution in [0.15, 0.2) is 29.3 Å². The number of rotatable bonds is 7. The lowest BCUT2D eigenvalue weighted by Gasteiger charge is -2.25. The van der Waals surface area contributed by atoms with Crippen molar-refractivity contribution in [1.82, 2.24) is 0 Å². The Kier molecular flexibility index (Phi) is 5.84. The van der Waals surface area contributed by atoms with E-state index >= 15 is 0 Å². The summed E-state index contributed by atoms with van der Waals surface area (Å²) in [5, 5.41) is 12.3. The van der Waals surface area contributed by atoms with Crippen LogP contribution in [0, 0.1) is 13.8 Å². The lowest BCUT2D eigenvalue weighted by molar-refractivity contribution is -0.108. The fraction of sp³-hybridized carbons (Fsp3) is 0.333. The fourth-order valence-electron chi connectivity index (χ4n) is 3.37. The highest BCUT2D eigenvalue weighted by Gasteiger charge is 2.27. The first kappa shape index (κ1) is 19.7. The molecule has 0 aromatic heterocycles. The number of aliphatic hydroxyl groups is 1. The second-order valence-corrected chi connectivity index (χ2v) is 6.49. The van der Waals surface area contributed by atoms with Gasteiger partial charge in [-0.05, 0) is 37.1 Å². The number of aldehydes is 1. The molecule has 1 atom stereocenters. The number of fused-ring (bicyclic) bond motifs is 1. The van der Waals surface area contributed by atoms with Crippen molar-refractivity contribution in [1.29, 1.82) is 0 Å². The molecule has 1 unspecified atom stereocenters. The number of anilines is 1. The number of aryl methyl sites for hydroxylation is 2. The van der Waals surface area contributed by atoms with Gasteiger partial charge in [0.2, 0.25) is 0 Å². The molecule has 148 valence electrons. The van der Waals surface area contributed by atoms with Crippen molar-refractivity contribution in [3.8, 4) is 17.2 Å². The molecule has 2 aromatic carbocycles. The van der Waals surface area contributed by atoms with Gasteiger partial charge in [0.1, 0.15) is 42.0 Å². The van der Waals surface area contributed by atoms with Gasteiger partial charge in [0, 0.05) is 23.3 Å². The van der Waals surface area contributed by atoms with Gasteiger partial charge in [0.05, 0.1) is 26.5 Å². The number of carbonyl (C=O) groups excluding carboxylic acids is 1. The summed E-state index contributed by atoms with van der Waals surface area (Å²) >= 11 is 0. The molecule has 0 saturated carbocycles. The number of aliphatic imine (C=N–C) groups is 1. The normalized spacial score (nSPS) is 15.2. The first-order chi connectivity index (χ1) is 13.5. The molecule has 0 spiro atoms. The van der Waals surface area contributed by atoms with Crippen LogP contribution >= 0.6 is 0 Å². The van der Waals surface area contributed by atoms with Crippen LogP contribution in [-0.4, -0.2) is 44.7 Å². The topological polar surface area (TPSA) is 89.4 Å². The largest absolute Gasteiger partial charge is 0.497 e. The van der Waals surface area contributed by atoms with E-state index in [-0.39, 0.29) is 13.2 Å². The molecule has 3 rings (SSSR count). The third kappa shape index (κ3) is 3.66. The number of ether oxygens (including phenoxy) is 3. The highest BCUT2D eigenvalue weighted by atomic mass is 16.5. The van der Waals surface area contributed by atoms with Crippen molar-refractivity contribution in [2.75, 3.05) is 32.8 Å². The number of carbonyl (C=O) groups is 1. The molecule has 0 fully saturated rings. The molecule has 0 amide bonds. The highest BCUT2D eigenvalue weighted by Crippen LogP contribution is 2.40. The molecule has 0 bridgehead atoms. The minimum absolute atomic E-state index is 0.0453. The first-order valence-corrected chi connectivity index (χ1v) is 8.93. The van der Waals surface area contributed by atoms with E-state index in [1.807, 2.05) is 32.0 Å².